The fraction of sp³-hybridized carbons (Fsp3) is 0.435. The number of anilines is 1. The molecule has 8 heteroatoms. The number of hydrogen-bond donors (Lipinski definition) is 1. The van der Waals surface area contributed by atoms with Crippen molar-refractivity contribution in [2.45, 2.75) is 45.6 Å². The van der Waals surface area contributed by atoms with Crippen molar-refractivity contribution in [3.63, 3.8) is 0 Å². The summed E-state index contributed by atoms with van der Waals surface area (Å²) in [5.41, 5.74) is 1.21. The van der Waals surface area contributed by atoms with Gasteiger partial charge in [0.1, 0.15) is 24.2 Å². The average molecular weight is 451 g/mol. The molecule has 0 radical (unpaired) electrons. The van der Waals surface area contributed by atoms with Gasteiger partial charge in [-0.25, -0.2) is 12.8 Å². The van der Waals surface area contributed by atoms with Crippen LogP contribution in [0.3, 0.4) is 0 Å². The molecule has 2 aromatic carbocycles. The first-order chi connectivity index (χ1) is 14.4. The Labute approximate surface area is 184 Å². The van der Waals surface area contributed by atoms with Crippen molar-refractivity contribution < 1.29 is 22.3 Å². The third kappa shape index (κ3) is 6.69. The Morgan fingerprint density at radius 1 is 1.13 bits per heavy atom. The number of para-hydroxylation sites is 1. The van der Waals surface area contributed by atoms with Gasteiger partial charge < -0.3 is 10.1 Å². The van der Waals surface area contributed by atoms with Gasteiger partial charge in [0.15, 0.2) is 0 Å². The second-order valence-corrected chi connectivity index (χ2v) is 10.2. The van der Waals surface area contributed by atoms with Crippen molar-refractivity contribution in [3.8, 4) is 5.75 Å². The number of ether oxygens (including phenoxy) is 1. The van der Waals surface area contributed by atoms with Gasteiger partial charge in [-0.05, 0) is 47.7 Å². The maximum Gasteiger partial charge on any atom is 0.244 e. The van der Waals surface area contributed by atoms with Crippen LogP contribution in [0.4, 0.5) is 10.1 Å². The fourth-order valence-electron chi connectivity index (χ4n) is 3.31. The van der Waals surface area contributed by atoms with Gasteiger partial charge in [-0.3, -0.25) is 9.10 Å². The van der Waals surface area contributed by atoms with E-state index in [-0.39, 0.29) is 30.7 Å². The highest BCUT2D eigenvalue weighted by molar-refractivity contribution is 7.92. The summed E-state index contributed by atoms with van der Waals surface area (Å²) < 4.78 is 45.0. The molecule has 0 unspecified atom stereocenters. The molecular weight excluding hydrogens is 419 g/mol. The maximum atomic E-state index is 13.3. The van der Waals surface area contributed by atoms with E-state index in [1.165, 1.54) is 24.3 Å². The van der Waals surface area contributed by atoms with Gasteiger partial charge >= 0.3 is 0 Å². The van der Waals surface area contributed by atoms with Crippen LogP contribution in [-0.2, 0) is 20.2 Å². The molecule has 0 aliphatic carbocycles. The van der Waals surface area contributed by atoms with Crippen LogP contribution in [0, 0.1) is 5.82 Å². The van der Waals surface area contributed by atoms with Gasteiger partial charge in [-0.1, -0.05) is 45.9 Å². The molecule has 1 atom stereocenters. The molecule has 6 nitrogen and oxygen atoms in total. The summed E-state index contributed by atoms with van der Waals surface area (Å²) in [5.74, 6) is -0.173. The summed E-state index contributed by atoms with van der Waals surface area (Å²) in [4.78, 5) is 12.8. The topological polar surface area (TPSA) is 75.7 Å². The lowest BCUT2D eigenvalue weighted by Gasteiger charge is -2.30. The lowest BCUT2D eigenvalue weighted by Crippen LogP contribution is -2.50. The van der Waals surface area contributed by atoms with Crippen molar-refractivity contribution in [1.29, 1.82) is 0 Å². The third-order valence-electron chi connectivity index (χ3n) is 4.76. The van der Waals surface area contributed by atoms with Gasteiger partial charge in [0.2, 0.25) is 15.9 Å². The highest BCUT2D eigenvalue weighted by atomic mass is 32.2. The highest BCUT2D eigenvalue weighted by Crippen LogP contribution is 2.30. The molecule has 1 N–H and O–H groups in total. The van der Waals surface area contributed by atoms with E-state index in [1.807, 2.05) is 24.3 Å². The van der Waals surface area contributed by atoms with E-state index in [2.05, 4.69) is 26.1 Å². The minimum absolute atomic E-state index is 0.0850. The van der Waals surface area contributed by atoms with Crippen LogP contribution in [0.2, 0.25) is 0 Å². The van der Waals surface area contributed by atoms with E-state index in [0.29, 0.717) is 0 Å². The van der Waals surface area contributed by atoms with E-state index >= 15 is 0 Å². The first-order valence-electron chi connectivity index (χ1n) is 10.2. The van der Waals surface area contributed by atoms with E-state index in [0.717, 1.165) is 21.9 Å². The summed E-state index contributed by atoms with van der Waals surface area (Å²) >= 11 is 0. The van der Waals surface area contributed by atoms with Crippen molar-refractivity contribution >= 4 is 21.6 Å². The zero-order valence-electron chi connectivity index (χ0n) is 18.7. The Kier molecular flexibility index (Phi) is 8.06. The number of nitrogens with one attached hydrogen (secondary N) is 1. The molecule has 0 aromatic heterocycles. The second kappa shape index (κ2) is 10.1. The minimum atomic E-state index is -3.76. The zero-order chi connectivity index (χ0) is 23.2. The van der Waals surface area contributed by atoms with Crippen LogP contribution in [0.15, 0.2) is 48.5 Å². The molecule has 0 aliphatic rings. The number of carbonyl (C=O) groups is 1. The molecule has 0 fully saturated rings. The molecule has 170 valence electrons. The molecule has 0 bridgehead atoms. The Hall–Kier alpha value is -2.61. The van der Waals surface area contributed by atoms with Crippen molar-refractivity contribution in [1.82, 2.24) is 5.32 Å². The molecule has 2 rings (SSSR count). The molecule has 0 saturated carbocycles. The van der Waals surface area contributed by atoms with E-state index < -0.39 is 27.8 Å². The first-order valence-corrected chi connectivity index (χ1v) is 12.0. The van der Waals surface area contributed by atoms with Gasteiger partial charge in [0.05, 0.1) is 18.5 Å². The molecule has 0 heterocycles. The van der Waals surface area contributed by atoms with Crippen LogP contribution in [-0.4, -0.2) is 39.8 Å². The number of amides is 1. The lowest BCUT2D eigenvalue weighted by molar-refractivity contribution is -0.122. The zero-order valence-corrected chi connectivity index (χ0v) is 19.5. The molecule has 31 heavy (non-hydrogen) atoms. The lowest BCUT2D eigenvalue weighted by atomic mass is 9.86. The Morgan fingerprint density at radius 3 is 2.29 bits per heavy atom. The largest absolute Gasteiger partial charge is 0.491 e. The SMILES string of the molecule is CC[C@H](C(=O)NCCOc1ccccc1C(C)(C)C)N(c1ccc(F)cc1)S(C)(=O)=O. The van der Waals surface area contributed by atoms with Crippen LogP contribution in [0.1, 0.15) is 39.7 Å². The standard InChI is InChI=1S/C23H31FN2O4S/c1-6-20(26(31(5,28)29)18-13-11-17(24)12-14-18)22(27)25-15-16-30-21-10-8-7-9-19(21)23(2,3)4/h7-14,20H,6,15-16H2,1-5H3,(H,25,27)/t20-/m1/s1. The molecule has 0 saturated heterocycles. The van der Waals surface area contributed by atoms with Crippen LogP contribution in [0.5, 0.6) is 5.75 Å². The number of benzene rings is 2. The molecule has 0 aliphatic heterocycles. The van der Waals surface area contributed by atoms with Gasteiger partial charge in [0, 0.05) is 0 Å². The van der Waals surface area contributed by atoms with Crippen LogP contribution >= 0.6 is 0 Å². The van der Waals surface area contributed by atoms with Crippen LogP contribution < -0.4 is 14.4 Å². The number of carbonyl (C=O) groups excluding carboxylic acids is 1. The molecular formula is C23H31FN2O4S. The van der Waals surface area contributed by atoms with Gasteiger partial charge in [-0.15, -0.1) is 0 Å². The first kappa shape index (κ1) is 24.7. The summed E-state index contributed by atoms with van der Waals surface area (Å²) in [6.07, 6.45) is 1.28. The summed E-state index contributed by atoms with van der Waals surface area (Å²) in [6.45, 7) is 8.47. The van der Waals surface area contributed by atoms with Crippen LogP contribution in [0.25, 0.3) is 0 Å². The average Bonchev–Trinajstić information content (AvgIpc) is 2.68. The van der Waals surface area contributed by atoms with Gasteiger partial charge in [-0.2, -0.15) is 0 Å². The van der Waals surface area contributed by atoms with E-state index in [9.17, 15) is 17.6 Å². The Morgan fingerprint density at radius 2 is 1.74 bits per heavy atom. The van der Waals surface area contributed by atoms with Crippen molar-refractivity contribution in [2.24, 2.45) is 0 Å². The summed E-state index contributed by atoms with van der Waals surface area (Å²) in [7, 11) is -3.76. The monoisotopic (exact) mass is 450 g/mol. The Bertz CT molecular complexity index is 985. The van der Waals surface area contributed by atoms with E-state index in [1.54, 1.807) is 6.92 Å². The molecule has 2 aromatic rings. The normalized spacial score (nSPS) is 12.8. The minimum Gasteiger partial charge on any atom is -0.491 e. The molecule has 0 spiro atoms. The number of hydrogen-bond acceptors (Lipinski definition) is 4. The number of nitrogens with zero attached hydrogens (tertiary/aromatic N) is 1. The van der Waals surface area contributed by atoms with Crippen molar-refractivity contribution in [2.75, 3.05) is 23.7 Å². The molecule has 1 amide bonds. The second-order valence-electron chi connectivity index (χ2n) is 8.34. The van der Waals surface area contributed by atoms with Gasteiger partial charge in [0.25, 0.3) is 0 Å². The third-order valence-corrected chi connectivity index (χ3v) is 5.94. The predicted molar refractivity (Wildman–Crippen MR) is 121 cm³/mol. The van der Waals surface area contributed by atoms with Crippen molar-refractivity contribution in [3.05, 3.63) is 59.9 Å². The number of halogens is 1. The maximum absolute atomic E-state index is 13.3. The number of rotatable bonds is 9. The number of sulfonamides is 1. The quantitative estimate of drug-likeness (QED) is 0.589. The smallest absolute Gasteiger partial charge is 0.244 e. The summed E-state index contributed by atoms with van der Waals surface area (Å²) in [6, 6.07) is 11.8. The predicted octanol–water partition coefficient (Wildman–Crippen LogP) is 3.86. The Balaban J connectivity index is 2.07. The fourth-order valence-corrected chi connectivity index (χ4v) is 4.53. The van der Waals surface area contributed by atoms with E-state index in [4.69, 9.17) is 4.74 Å². The highest BCUT2D eigenvalue weighted by Gasteiger charge is 2.31. The summed E-state index contributed by atoms with van der Waals surface area (Å²) in [5, 5.41) is 2.75.